The molecule has 2 aromatic carbocycles. The molecule has 0 saturated carbocycles. The first-order chi connectivity index (χ1) is 15.3. The summed E-state index contributed by atoms with van der Waals surface area (Å²) in [7, 11) is 0. The number of benzene rings is 2. The molecule has 1 N–H and O–H groups in total. The van der Waals surface area contributed by atoms with Crippen molar-refractivity contribution in [3.8, 4) is 0 Å². The summed E-state index contributed by atoms with van der Waals surface area (Å²) in [6.45, 7) is 6.09. The van der Waals surface area contributed by atoms with E-state index in [2.05, 4.69) is 51.5 Å². The van der Waals surface area contributed by atoms with E-state index in [0.717, 1.165) is 64.3 Å². The molecule has 0 bridgehead atoms. The van der Waals surface area contributed by atoms with Gasteiger partial charge in [0, 0.05) is 50.0 Å². The van der Waals surface area contributed by atoms with Crippen molar-refractivity contribution in [3.05, 3.63) is 60.2 Å². The lowest BCUT2D eigenvalue weighted by Crippen LogP contribution is -2.49. The Balaban J connectivity index is 1.16. The van der Waals surface area contributed by atoms with Crippen molar-refractivity contribution >= 4 is 17.3 Å². The van der Waals surface area contributed by atoms with Crippen LogP contribution >= 0.6 is 0 Å². The molecule has 2 saturated heterocycles. The van der Waals surface area contributed by atoms with Crippen molar-refractivity contribution < 1.29 is 9.53 Å². The average Bonchev–Trinajstić information content (AvgIpc) is 2.84. The lowest BCUT2D eigenvalue weighted by Gasteiger charge is -2.40. The second-order valence-electron chi connectivity index (χ2n) is 8.65. The van der Waals surface area contributed by atoms with E-state index in [1.165, 1.54) is 24.1 Å². The van der Waals surface area contributed by atoms with Gasteiger partial charge in [0.05, 0.1) is 13.2 Å². The van der Waals surface area contributed by atoms with Crippen molar-refractivity contribution in [2.75, 3.05) is 49.6 Å². The fraction of sp³-hybridized carbons (Fsp3) is 0.500. The number of piperidine rings is 1. The summed E-state index contributed by atoms with van der Waals surface area (Å²) in [6, 6.07) is 19.5. The van der Waals surface area contributed by atoms with E-state index < -0.39 is 0 Å². The van der Waals surface area contributed by atoms with Gasteiger partial charge < -0.3 is 15.0 Å². The normalized spacial score (nSPS) is 18.1. The van der Waals surface area contributed by atoms with Crippen molar-refractivity contribution in [3.63, 3.8) is 0 Å². The zero-order valence-corrected chi connectivity index (χ0v) is 18.5. The Labute approximate surface area is 186 Å². The summed E-state index contributed by atoms with van der Waals surface area (Å²) in [5, 5.41) is 3.04. The molecule has 2 heterocycles. The highest BCUT2D eigenvalue weighted by Crippen LogP contribution is 2.24. The number of unbranched alkanes of at least 4 members (excludes halogenated alkanes) is 1. The largest absolute Gasteiger partial charge is 0.379 e. The number of anilines is 2. The summed E-state index contributed by atoms with van der Waals surface area (Å²) in [6.07, 6.45) is 5.98. The van der Waals surface area contributed by atoms with Crippen LogP contribution in [0.25, 0.3) is 0 Å². The number of hydrogen-bond donors (Lipinski definition) is 1. The standard InChI is InChI=1S/C26H35N3O2/c30-26(9-5-4-8-22-6-2-1-3-7-22)27-23-10-12-24(13-11-23)28-16-14-25(15-17-28)29-18-20-31-21-19-29/h1-3,6-7,10-13,25H,4-5,8-9,14-21H2,(H,27,30). The lowest BCUT2D eigenvalue weighted by atomic mass is 10.0. The SMILES string of the molecule is O=C(CCCCc1ccccc1)Nc1ccc(N2CCC(N3CCOCC3)CC2)cc1. The Morgan fingerprint density at radius 3 is 2.32 bits per heavy atom. The lowest BCUT2D eigenvalue weighted by molar-refractivity contribution is -0.116. The van der Waals surface area contributed by atoms with Gasteiger partial charge in [0.1, 0.15) is 0 Å². The first-order valence-corrected chi connectivity index (χ1v) is 11.8. The maximum absolute atomic E-state index is 12.3. The minimum absolute atomic E-state index is 0.104. The van der Waals surface area contributed by atoms with Crippen LogP contribution in [0.15, 0.2) is 54.6 Å². The highest BCUT2D eigenvalue weighted by molar-refractivity contribution is 5.90. The minimum atomic E-state index is 0.104. The van der Waals surface area contributed by atoms with Gasteiger partial charge in [0.15, 0.2) is 0 Å². The topological polar surface area (TPSA) is 44.8 Å². The van der Waals surface area contributed by atoms with Gasteiger partial charge in [-0.05, 0) is 61.9 Å². The highest BCUT2D eigenvalue weighted by Gasteiger charge is 2.25. The Kier molecular flexibility index (Phi) is 7.97. The van der Waals surface area contributed by atoms with Crippen LogP contribution in [-0.2, 0) is 16.0 Å². The zero-order valence-electron chi connectivity index (χ0n) is 18.5. The van der Waals surface area contributed by atoms with Crippen LogP contribution in [0.4, 0.5) is 11.4 Å². The van der Waals surface area contributed by atoms with Gasteiger partial charge in [-0.1, -0.05) is 30.3 Å². The number of ether oxygens (including phenoxy) is 1. The molecule has 0 spiro atoms. The van der Waals surface area contributed by atoms with Crippen LogP contribution in [0.2, 0.25) is 0 Å². The van der Waals surface area contributed by atoms with Gasteiger partial charge >= 0.3 is 0 Å². The summed E-state index contributed by atoms with van der Waals surface area (Å²) in [5.74, 6) is 0.104. The maximum atomic E-state index is 12.3. The highest BCUT2D eigenvalue weighted by atomic mass is 16.5. The molecule has 31 heavy (non-hydrogen) atoms. The number of morpholine rings is 1. The molecule has 2 aliphatic heterocycles. The summed E-state index contributed by atoms with van der Waals surface area (Å²) in [4.78, 5) is 17.3. The number of carbonyl (C=O) groups excluding carboxylic acids is 1. The van der Waals surface area contributed by atoms with Crippen molar-refractivity contribution in [1.29, 1.82) is 0 Å². The Morgan fingerprint density at radius 1 is 0.903 bits per heavy atom. The quantitative estimate of drug-likeness (QED) is 0.644. The second-order valence-corrected chi connectivity index (χ2v) is 8.65. The van der Waals surface area contributed by atoms with Gasteiger partial charge in [-0.25, -0.2) is 0 Å². The third-order valence-corrected chi connectivity index (χ3v) is 6.50. The van der Waals surface area contributed by atoms with Gasteiger partial charge in [-0.2, -0.15) is 0 Å². The molecule has 0 unspecified atom stereocenters. The van der Waals surface area contributed by atoms with E-state index in [-0.39, 0.29) is 5.91 Å². The van der Waals surface area contributed by atoms with Gasteiger partial charge in [0.2, 0.25) is 5.91 Å². The van der Waals surface area contributed by atoms with Crippen LogP contribution in [0.3, 0.4) is 0 Å². The Morgan fingerprint density at radius 2 is 1.61 bits per heavy atom. The third kappa shape index (κ3) is 6.55. The van der Waals surface area contributed by atoms with Crippen LogP contribution in [0.1, 0.15) is 37.7 Å². The molecular formula is C26H35N3O2. The third-order valence-electron chi connectivity index (χ3n) is 6.50. The fourth-order valence-corrected chi connectivity index (χ4v) is 4.67. The van der Waals surface area contributed by atoms with Crippen LogP contribution in [0, 0.1) is 0 Å². The molecular weight excluding hydrogens is 386 g/mol. The molecule has 5 heteroatoms. The molecule has 2 fully saturated rings. The summed E-state index contributed by atoms with van der Waals surface area (Å²) < 4.78 is 5.48. The van der Waals surface area contributed by atoms with Gasteiger partial charge in [-0.3, -0.25) is 9.69 Å². The van der Waals surface area contributed by atoms with Crippen LogP contribution in [0.5, 0.6) is 0 Å². The molecule has 2 aliphatic rings. The van der Waals surface area contributed by atoms with Gasteiger partial charge in [-0.15, -0.1) is 0 Å². The molecule has 0 aliphatic carbocycles. The molecule has 4 rings (SSSR count). The number of hydrogen-bond acceptors (Lipinski definition) is 4. The van der Waals surface area contributed by atoms with E-state index in [1.807, 2.05) is 18.2 Å². The molecule has 5 nitrogen and oxygen atoms in total. The van der Waals surface area contributed by atoms with E-state index in [1.54, 1.807) is 0 Å². The number of carbonyl (C=O) groups is 1. The number of aryl methyl sites for hydroxylation is 1. The van der Waals surface area contributed by atoms with E-state index in [9.17, 15) is 4.79 Å². The van der Waals surface area contributed by atoms with Crippen molar-refractivity contribution in [2.45, 2.75) is 44.6 Å². The monoisotopic (exact) mass is 421 g/mol. The summed E-state index contributed by atoms with van der Waals surface area (Å²) >= 11 is 0. The predicted octanol–water partition coefficient (Wildman–Crippen LogP) is 4.34. The van der Waals surface area contributed by atoms with Crippen LogP contribution in [-0.4, -0.2) is 56.2 Å². The average molecular weight is 422 g/mol. The molecule has 166 valence electrons. The Hall–Kier alpha value is -2.37. The molecule has 0 aromatic heterocycles. The number of nitrogens with one attached hydrogen (secondary N) is 1. The summed E-state index contributed by atoms with van der Waals surface area (Å²) in [5.41, 5.74) is 3.48. The molecule has 0 radical (unpaired) electrons. The number of nitrogens with zero attached hydrogens (tertiary/aromatic N) is 2. The maximum Gasteiger partial charge on any atom is 0.224 e. The minimum Gasteiger partial charge on any atom is -0.379 e. The van der Waals surface area contributed by atoms with Crippen molar-refractivity contribution in [1.82, 2.24) is 4.90 Å². The molecule has 0 atom stereocenters. The molecule has 2 aromatic rings. The fourth-order valence-electron chi connectivity index (χ4n) is 4.67. The van der Waals surface area contributed by atoms with E-state index in [0.29, 0.717) is 12.5 Å². The number of rotatable bonds is 8. The molecule has 1 amide bonds. The van der Waals surface area contributed by atoms with Crippen LogP contribution < -0.4 is 10.2 Å². The Bertz CT molecular complexity index is 795. The first kappa shape index (κ1) is 21.8. The van der Waals surface area contributed by atoms with Gasteiger partial charge in [0.25, 0.3) is 0 Å². The van der Waals surface area contributed by atoms with Crippen molar-refractivity contribution in [2.24, 2.45) is 0 Å². The smallest absolute Gasteiger partial charge is 0.224 e. The predicted molar refractivity (Wildman–Crippen MR) is 127 cm³/mol. The number of amides is 1. The van der Waals surface area contributed by atoms with E-state index in [4.69, 9.17) is 4.74 Å². The van der Waals surface area contributed by atoms with E-state index >= 15 is 0 Å². The second kappa shape index (κ2) is 11.3. The first-order valence-electron chi connectivity index (χ1n) is 11.8. The zero-order chi connectivity index (χ0) is 21.3.